The van der Waals surface area contributed by atoms with E-state index >= 15 is 0 Å². The van der Waals surface area contributed by atoms with Gasteiger partial charge in [-0.2, -0.15) is 0 Å². The van der Waals surface area contributed by atoms with E-state index in [4.69, 9.17) is 4.74 Å². The molecule has 3 atom stereocenters. The number of hydrogen-bond donors (Lipinski definition) is 2. The van der Waals surface area contributed by atoms with Crippen molar-refractivity contribution in [3.8, 4) is 5.75 Å². The van der Waals surface area contributed by atoms with Gasteiger partial charge in [-0.05, 0) is 69.8 Å². The van der Waals surface area contributed by atoms with Crippen LogP contribution < -0.4 is 15.4 Å². The largest absolute Gasteiger partial charge is 0.491 e. The molecule has 11 nitrogen and oxygen atoms in total. The molecule has 0 spiro atoms. The second-order valence-electron chi connectivity index (χ2n) is 14.6. The Kier molecular flexibility index (Phi) is 11.3. The molecule has 5 aromatic carbocycles. The van der Waals surface area contributed by atoms with Gasteiger partial charge in [0.2, 0.25) is 23.6 Å². The van der Waals surface area contributed by atoms with Gasteiger partial charge in [-0.25, -0.2) is 4.39 Å². The number of likely N-dealkylation sites (N-methyl/N-ethyl adjacent to an activating group) is 2. The third-order valence-electron chi connectivity index (χ3n) is 10.7. The molecule has 1 saturated heterocycles. The molecule has 5 aromatic rings. The minimum absolute atomic E-state index is 0.0498. The summed E-state index contributed by atoms with van der Waals surface area (Å²) < 4.78 is 20.9. The molecule has 0 unspecified atom stereocenters. The lowest BCUT2D eigenvalue weighted by Gasteiger charge is -2.28. The number of amides is 5. The number of fused-ring (bicyclic) bond motifs is 4. The topological polar surface area (TPSA) is 128 Å². The van der Waals surface area contributed by atoms with Crippen LogP contribution in [0.3, 0.4) is 0 Å². The molecule has 1 fully saturated rings. The highest BCUT2D eigenvalue weighted by atomic mass is 19.1. The van der Waals surface area contributed by atoms with E-state index < -0.39 is 35.8 Å². The Hall–Kier alpha value is -6.30. The molecule has 2 aliphatic heterocycles. The molecule has 288 valence electrons. The molecule has 0 aliphatic carbocycles. The zero-order valence-corrected chi connectivity index (χ0v) is 31.4. The van der Waals surface area contributed by atoms with E-state index in [2.05, 4.69) is 10.6 Å². The maximum Gasteiger partial charge on any atom is 0.258 e. The van der Waals surface area contributed by atoms with Crippen LogP contribution in [0.1, 0.15) is 40.7 Å². The minimum Gasteiger partial charge on any atom is -0.491 e. The van der Waals surface area contributed by atoms with Gasteiger partial charge in [-0.15, -0.1) is 0 Å². The maximum atomic E-state index is 14.7. The zero-order chi connectivity index (χ0) is 39.3. The van der Waals surface area contributed by atoms with Crippen molar-refractivity contribution in [1.82, 2.24) is 25.3 Å². The predicted molar refractivity (Wildman–Crippen MR) is 210 cm³/mol. The summed E-state index contributed by atoms with van der Waals surface area (Å²) in [5.41, 5.74) is 1.63. The summed E-state index contributed by atoms with van der Waals surface area (Å²) in [5.74, 6) is -2.67. The van der Waals surface area contributed by atoms with Crippen molar-refractivity contribution in [1.29, 1.82) is 0 Å². The van der Waals surface area contributed by atoms with Crippen molar-refractivity contribution in [2.45, 2.75) is 50.4 Å². The van der Waals surface area contributed by atoms with Gasteiger partial charge < -0.3 is 30.1 Å². The molecule has 0 saturated carbocycles. The van der Waals surface area contributed by atoms with Crippen LogP contribution in [0, 0.1) is 5.82 Å². The Morgan fingerprint density at radius 1 is 0.839 bits per heavy atom. The minimum atomic E-state index is -1.10. The average molecular weight is 758 g/mol. The molecular weight excluding hydrogens is 714 g/mol. The van der Waals surface area contributed by atoms with Crippen LogP contribution in [0.25, 0.3) is 21.5 Å². The van der Waals surface area contributed by atoms with E-state index in [-0.39, 0.29) is 74.5 Å². The molecule has 7 rings (SSSR count). The number of carbonyl (C=O) groups is 5. The van der Waals surface area contributed by atoms with Crippen LogP contribution >= 0.6 is 0 Å². The van der Waals surface area contributed by atoms with Crippen molar-refractivity contribution < 1.29 is 33.1 Å². The van der Waals surface area contributed by atoms with E-state index in [1.165, 1.54) is 36.0 Å². The van der Waals surface area contributed by atoms with Crippen LogP contribution in [0.5, 0.6) is 5.75 Å². The molecule has 0 bridgehead atoms. The molecule has 2 aliphatic rings. The number of carbonyl (C=O) groups excluding carboxylic acids is 5. The second-order valence-corrected chi connectivity index (χ2v) is 14.6. The van der Waals surface area contributed by atoms with Crippen molar-refractivity contribution in [3.05, 3.63) is 126 Å². The summed E-state index contributed by atoms with van der Waals surface area (Å²) in [7, 11) is 2.96. The van der Waals surface area contributed by atoms with Crippen molar-refractivity contribution in [2.24, 2.45) is 0 Å². The number of rotatable bonds is 6. The van der Waals surface area contributed by atoms with Gasteiger partial charge in [0.1, 0.15) is 24.2 Å². The van der Waals surface area contributed by atoms with Crippen molar-refractivity contribution in [2.75, 3.05) is 33.8 Å². The molecule has 2 heterocycles. The van der Waals surface area contributed by atoms with Crippen LogP contribution in [0.15, 0.2) is 103 Å². The molecule has 0 radical (unpaired) electrons. The first-order valence-corrected chi connectivity index (χ1v) is 18.8. The van der Waals surface area contributed by atoms with E-state index in [0.29, 0.717) is 6.42 Å². The molecule has 0 aromatic heterocycles. The molecular formula is C44H44FN5O6. The number of nitrogens with one attached hydrogen (secondary N) is 2. The fraction of sp³-hybridized carbons (Fsp3) is 0.295. The molecule has 5 amide bonds. The number of benzene rings is 5. The van der Waals surface area contributed by atoms with Gasteiger partial charge in [0, 0.05) is 39.6 Å². The molecule has 2 N–H and O–H groups in total. The lowest BCUT2D eigenvalue weighted by molar-refractivity contribution is -0.140. The van der Waals surface area contributed by atoms with Crippen molar-refractivity contribution in [3.63, 3.8) is 0 Å². The summed E-state index contributed by atoms with van der Waals surface area (Å²) >= 11 is 0. The van der Waals surface area contributed by atoms with Gasteiger partial charge in [-0.3, -0.25) is 24.0 Å². The highest BCUT2D eigenvalue weighted by molar-refractivity contribution is 6.00. The van der Waals surface area contributed by atoms with Gasteiger partial charge in [-0.1, -0.05) is 78.9 Å². The van der Waals surface area contributed by atoms with Crippen molar-refractivity contribution >= 4 is 51.1 Å². The van der Waals surface area contributed by atoms with Crippen LogP contribution in [0.4, 0.5) is 4.39 Å². The fourth-order valence-electron chi connectivity index (χ4n) is 7.69. The van der Waals surface area contributed by atoms with E-state index in [9.17, 15) is 28.4 Å². The lowest BCUT2D eigenvalue weighted by Crippen LogP contribution is -2.48. The number of ether oxygens (including phenoxy) is 1. The summed E-state index contributed by atoms with van der Waals surface area (Å²) in [4.78, 5) is 72.6. The average Bonchev–Trinajstić information content (AvgIpc) is 3.61. The normalized spacial score (nSPS) is 19.5. The maximum absolute atomic E-state index is 14.7. The number of nitrogens with zero attached hydrogens (tertiary/aromatic N) is 3. The first-order chi connectivity index (χ1) is 27.0. The molecule has 12 heteroatoms. The second kappa shape index (κ2) is 16.6. The third-order valence-corrected chi connectivity index (χ3v) is 10.7. The van der Waals surface area contributed by atoms with Crippen LogP contribution in [-0.4, -0.2) is 96.2 Å². The van der Waals surface area contributed by atoms with Crippen LogP contribution in [-0.2, 0) is 32.1 Å². The Bertz CT molecular complexity index is 2310. The molecule has 56 heavy (non-hydrogen) atoms. The van der Waals surface area contributed by atoms with Gasteiger partial charge in [0.25, 0.3) is 5.91 Å². The first-order valence-electron chi connectivity index (χ1n) is 18.8. The first kappa shape index (κ1) is 38.0. The van der Waals surface area contributed by atoms with E-state index in [0.717, 1.165) is 38.7 Å². The Balaban J connectivity index is 1.09. The highest BCUT2D eigenvalue weighted by Gasteiger charge is 2.38. The van der Waals surface area contributed by atoms with Gasteiger partial charge in [0.15, 0.2) is 0 Å². The summed E-state index contributed by atoms with van der Waals surface area (Å²) in [6, 6.07) is 29.0. The van der Waals surface area contributed by atoms with Crippen LogP contribution in [0.2, 0.25) is 0 Å². The highest BCUT2D eigenvalue weighted by Crippen LogP contribution is 2.27. The fourth-order valence-corrected chi connectivity index (χ4v) is 7.69. The smallest absolute Gasteiger partial charge is 0.258 e. The van der Waals surface area contributed by atoms with Gasteiger partial charge >= 0.3 is 0 Å². The SMILES string of the molecule is CN1CC(=O)N2C[C@H](NC(=O)Cc3cccc4ccccc34)C[C@H]2COc2ccc(F)cc2C(=O)N(C)[C@@H](C(=O)NCc2ccc3ccccc3c2)CCC1=O. The zero-order valence-electron chi connectivity index (χ0n) is 31.4. The summed E-state index contributed by atoms with van der Waals surface area (Å²) in [6.45, 7) is 0.0695. The number of hydrogen-bond acceptors (Lipinski definition) is 6. The quantitative estimate of drug-likeness (QED) is 0.255. The summed E-state index contributed by atoms with van der Waals surface area (Å²) in [5, 5.41) is 10.1. The Morgan fingerprint density at radius 3 is 2.41 bits per heavy atom. The Labute approximate surface area is 324 Å². The van der Waals surface area contributed by atoms with E-state index in [1.807, 2.05) is 84.9 Å². The Morgan fingerprint density at radius 2 is 1.59 bits per heavy atom. The van der Waals surface area contributed by atoms with Gasteiger partial charge in [0.05, 0.1) is 24.6 Å². The predicted octanol–water partition coefficient (Wildman–Crippen LogP) is 4.85. The number of halogens is 1. The third kappa shape index (κ3) is 8.49. The standard InChI is InChI=1S/C44H44FN5O6/c1-48-26-42(53)50-25-34(47-40(51)21-32-12-7-11-30-9-5-6-13-36(30)32)23-35(50)27-56-39-18-16-33(45)22-37(39)44(55)49(2)38(17-19-41(48)52)43(54)46-24-28-14-15-29-8-3-4-10-31(29)20-28/h3-16,18,20,22,34-35,38H,17,19,21,23-27H2,1-2H3,(H,46,54)(H,47,51)/t34-,35+,38-/m1/s1. The lowest BCUT2D eigenvalue weighted by atomic mass is 10.0. The van der Waals surface area contributed by atoms with E-state index in [1.54, 1.807) is 4.90 Å². The monoisotopic (exact) mass is 757 g/mol. The summed E-state index contributed by atoms with van der Waals surface area (Å²) in [6.07, 6.45) is 0.319.